The summed E-state index contributed by atoms with van der Waals surface area (Å²) in [6.07, 6.45) is -4.01. The molecule has 0 saturated heterocycles. The normalized spacial score (nSPS) is 11.4. The molecule has 6 heteroatoms. The Hall–Kier alpha value is -1.85. The number of carbonyl (C=O) groups is 2. The van der Waals surface area contributed by atoms with Gasteiger partial charge in [-0.3, -0.25) is 4.79 Å². The van der Waals surface area contributed by atoms with Crippen molar-refractivity contribution in [1.29, 1.82) is 0 Å². The summed E-state index contributed by atoms with van der Waals surface area (Å²) in [7, 11) is 0. The summed E-state index contributed by atoms with van der Waals surface area (Å²) in [5.74, 6) is -1.47. The minimum Gasteiger partial charge on any atom is -0.478 e. The zero-order valence-corrected chi connectivity index (χ0v) is 11.2. The molecule has 0 unspecified atom stereocenters. The van der Waals surface area contributed by atoms with Crippen molar-refractivity contribution in [2.45, 2.75) is 39.3 Å². The molecule has 3 nitrogen and oxygen atoms in total. The monoisotopic (exact) mass is 288 g/mol. The average Bonchev–Trinajstić information content (AvgIpc) is 2.33. The van der Waals surface area contributed by atoms with E-state index in [1.807, 2.05) is 0 Å². The van der Waals surface area contributed by atoms with Crippen LogP contribution >= 0.6 is 0 Å². The Balaban J connectivity index is 3.24. The number of rotatable bonds is 5. The largest absolute Gasteiger partial charge is 0.478 e. The molecule has 20 heavy (non-hydrogen) atoms. The van der Waals surface area contributed by atoms with Gasteiger partial charge in [-0.25, -0.2) is 4.79 Å². The highest BCUT2D eigenvalue weighted by Gasteiger charge is 2.34. The summed E-state index contributed by atoms with van der Waals surface area (Å²) in [6.45, 7) is 2.82. The summed E-state index contributed by atoms with van der Waals surface area (Å²) in [5.41, 5.74) is -1.37. The number of hydrogen-bond donors (Lipinski definition) is 1. The van der Waals surface area contributed by atoms with Gasteiger partial charge in [-0.1, -0.05) is 13.0 Å². The molecule has 0 fully saturated rings. The van der Waals surface area contributed by atoms with Crippen LogP contribution in [0.2, 0.25) is 0 Å². The molecule has 0 heterocycles. The van der Waals surface area contributed by atoms with Crippen LogP contribution in [0.25, 0.3) is 0 Å². The van der Waals surface area contributed by atoms with Gasteiger partial charge in [-0.05, 0) is 30.5 Å². The molecule has 0 aromatic heterocycles. The van der Waals surface area contributed by atoms with Gasteiger partial charge < -0.3 is 5.11 Å². The lowest BCUT2D eigenvalue weighted by Crippen LogP contribution is -2.14. The summed E-state index contributed by atoms with van der Waals surface area (Å²) in [5, 5.41) is 9.11. The first-order valence-corrected chi connectivity index (χ1v) is 6.13. The van der Waals surface area contributed by atoms with Crippen LogP contribution in [0.1, 0.15) is 46.8 Å². The molecule has 0 radical (unpaired) electrons. The fourth-order valence-electron chi connectivity index (χ4n) is 2.03. The van der Waals surface area contributed by atoms with Crippen molar-refractivity contribution in [3.05, 3.63) is 34.4 Å². The summed E-state index contributed by atoms with van der Waals surface area (Å²) in [4.78, 5) is 22.4. The zero-order valence-electron chi connectivity index (χ0n) is 11.2. The summed E-state index contributed by atoms with van der Waals surface area (Å²) in [6, 6.07) is 2.01. The molecule has 0 amide bonds. The number of ketones is 1. The van der Waals surface area contributed by atoms with Crippen molar-refractivity contribution in [2.24, 2.45) is 0 Å². The number of Topliss-reactive ketones (excluding diaryl/α,β-unsaturated/α-hetero) is 1. The van der Waals surface area contributed by atoms with Crippen LogP contribution in [0.15, 0.2) is 12.1 Å². The van der Waals surface area contributed by atoms with Crippen molar-refractivity contribution >= 4 is 11.8 Å². The van der Waals surface area contributed by atoms with Gasteiger partial charge in [0, 0.05) is 12.8 Å². The summed E-state index contributed by atoms with van der Waals surface area (Å²) >= 11 is 0. The summed E-state index contributed by atoms with van der Waals surface area (Å²) < 4.78 is 38.2. The highest BCUT2D eigenvalue weighted by molar-refractivity contribution is 5.92. The van der Waals surface area contributed by atoms with E-state index in [0.717, 1.165) is 19.1 Å². The first kappa shape index (κ1) is 16.2. The molecule has 0 spiro atoms. The molecule has 0 aliphatic rings. The lowest BCUT2D eigenvalue weighted by atomic mass is 9.93. The van der Waals surface area contributed by atoms with E-state index in [9.17, 15) is 22.8 Å². The molecule has 0 aliphatic carbocycles. The Bertz CT molecular complexity index is 533. The third-order valence-corrected chi connectivity index (χ3v) is 3.14. The molecule has 1 rings (SSSR count). The Morgan fingerprint density at radius 1 is 1.25 bits per heavy atom. The van der Waals surface area contributed by atoms with E-state index in [4.69, 9.17) is 5.11 Å². The van der Waals surface area contributed by atoms with Gasteiger partial charge in [0.25, 0.3) is 0 Å². The van der Waals surface area contributed by atoms with Gasteiger partial charge >= 0.3 is 12.1 Å². The number of alkyl halides is 3. The highest BCUT2D eigenvalue weighted by atomic mass is 19.4. The highest BCUT2D eigenvalue weighted by Crippen LogP contribution is 2.34. The van der Waals surface area contributed by atoms with Crippen molar-refractivity contribution in [1.82, 2.24) is 0 Å². The quantitative estimate of drug-likeness (QED) is 0.900. The number of aryl methyl sites for hydroxylation is 1. The third kappa shape index (κ3) is 3.59. The second-order valence-electron chi connectivity index (χ2n) is 4.47. The van der Waals surface area contributed by atoms with Crippen molar-refractivity contribution in [3.8, 4) is 0 Å². The van der Waals surface area contributed by atoms with Crippen LogP contribution < -0.4 is 0 Å². The van der Waals surface area contributed by atoms with E-state index in [2.05, 4.69) is 0 Å². The molecular weight excluding hydrogens is 273 g/mol. The molecule has 0 atom stereocenters. The zero-order chi connectivity index (χ0) is 15.5. The van der Waals surface area contributed by atoms with Gasteiger partial charge in [-0.2, -0.15) is 13.2 Å². The maximum absolute atomic E-state index is 12.7. The average molecular weight is 288 g/mol. The maximum Gasteiger partial charge on any atom is 0.416 e. The Morgan fingerprint density at radius 2 is 1.85 bits per heavy atom. The van der Waals surface area contributed by atoms with Crippen molar-refractivity contribution in [2.75, 3.05) is 0 Å². The second-order valence-corrected chi connectivity index (χ2v) is 4.47. The van der Waals surface area contributed by atoms with E-state index in [1.54, 1.807) is 6.92 Å². The van der Waals surface area contributed by atoms with Crippen LogP contribution in [0.5, 0.6) is 0 Å². The van der Waals surface area contributed by atoms with Crippen molar-refractivity contribution in [3.63, 3.8) is 0 Å². The van der Waals surface area contributed by atoms with E-state index in [0.29, 0.717) is 6.42 Å². The standard InChI is InChI=1S/C14H15F3O3/c1-3-10(18)6-4-9-5-7-11(14(15,16)17)8(2)12(9)13(19)20/h5,7H,3-4,6H2,1-2H3,(H,19,20). The third-order valence-electron chi connectivity index (χ3n) is 3.14. The smallest absolute Gasteiger partial charge is 0.416 e. The van der Waals surface area contributed by atoms with Gasteiger partial charge in [0.2, 0.25) is 0 Å². The minimum atomic E-state index is -4.59. The fourth-order valence-corrected chi connectivity index (χ4v) is 2.03. The molecule has 110 valence electrons. The molecular formula is C14H15F3O3. The fraction of sp³-hybridized carbons (Fsp3) is 0.429. The van der Waals surface area contributed by atoms with Crippen LogP contribution in [0.3, 0.4) is 0 Å². The Morgan fingerprint density at radius 3 is 2.30 bits per heavy atom. The Labute approximate surface area is 114 Å². The van der Waals surface area contributed by atoms with Gasteiger partial charge in [0.15, 0.2) is 0 Å². The van der Waals surface area contributed by atoms with Crippen LogP contribution in [-0.4, -0.2) is 16.9 Å². The van der Waals surface area contributed by atoms with E-state index >= 15 is 0 Å². The molecule has 0 bridgehead atoms. The first-order chi connectivity index (χ1) is 9.18. The molecule has 1 N–H and O–H groups in total. The van der Waals surface area contributed by atoms with E-state index in [-0.39, 0.29) is 35.3 Å². The molecule has 0 saturated carbocycles. The molecule has 0 aliphatic heterocycles. The lowest BCUT2D eigenvalue weighted by Gasteiger charge is -2.15. The number of carboxylic acid groups (broad SMARTS) is 1. The SMILES string of the molecule is CCC(=O)CCc1ccc(C(F)(F)F)c(C)c1C(=O)O. The van der Waals surface area contributed by atoms with Gasteiger partial charge in [-0.15, -0.1) is 0 Å². The van der Waals surface area contributed by atoms with Crippen molar-refractivity contribution < 1.29 is 27.9 Å². The molecule has 1 aromatic rings. The van der Waals surface area contributed by atoms with E-state index in [1.165, 1.54) is 0 Å². The van der Waals surface area contributed by atoms with Crippen LogP contribution in [-0.2, 0) is 17.4 Å². The second kappa shape index (κ2) is 6.07. The minimum absolute atomic E-state index is 0.0566. The number of carboxylic acids is 1. The first-order valence-electron chi connectivity index (χ1n) is 6.13. The number of benzene rings is 1. The predicted octanol–water partition coefficient (Wildman–Crippen LogP) is 3.62. The predicted molar refractivity (Wildman–Crippen MR) is 66.8 cm³/mol. The van der Waals surface area contributed by atoms with Crippen LogP contribution in [0.4, 0.5) is 13.2 Å². The number of halogens is 3. The van der Waals surface area contributed by atoms with Crippen LogP contribution in [0, 0.1) is 6.92 Å². The van der Waals surface area contributed by atoms with Gasteiger partial charge in [0.05, 0.1) is 11.1 Å². The van der Waals surface area contributed by atoms with E-state index < -0.39 is 17.7 Å². The number of hydrogen-bond acceptors (Lipinski definition) is 2. The number of carbonyl (C=O) groups excluding carboxylic acids is 1. The Kier molecular flexibility index (Phi) is 4.92. The maximum atomic E-state index is 12.7. The number of aromatic carboxylic acids is 1. The molecule has 1 aromatic carbocycles. The van der Waals surface area contributed by atoms with Gasteiger partial charge in [0.1, 0.15) is 5.78 Å². The lowest BCUT2D eigenvalue weighted by molar-refractivity contribution is -0.138. The topological polar surface area (TPSA) is 54.4 Å².